The molecule has 0 fully saturated rings. The molecule has 0 spiro atoms. The number of carbonyl (C=O) groups is 5. The van der Waals surface area contributed by atoms with Crippen molar-refractivity contribution in [3.05, 3.63) is 29.8 Å². The number of anilines is 1. The first kappa shape index (κ1) is 40.6. The number of nitrogens with one attached hydrogen (secondary N) is 1. The van der Waals surface area contributed by atoms with Crippen LogP contribution in [0, 0.1) is 0 Å². The number of benzene rings is 1. The van der Waals surface area contributed by atoms with Gasteiger partial charge in [0.2, 0.25) is 0 Å². The molecule has 0 aromatic heterocycles. The third-order valence-corrected chi connectivity index (χ3v) is 2.05. The summed E-state index contributed by atoms with van der Waals surface area (Å²) < 4.78 is 0. The van der Waals surface area contributed by atoms with Crippen LogP contribution in [0.5, 0.6) is 0 Å². The molecule has 0 saturated heterocycles. The molecule has 0 radical (unpaired) electrons. The fourth-order valence-corrected chi connectivity index (χ4v) is 1.22. The minimum absolute atomic E-state index is 0.00199. The first-order valence-electron chi connectivity index (χ1n) is 9.39. The Labute approximate surface area is 198 Å². The van der Waals surface area contributed by atoms with Gasteiger partial charge < -0.3 is 48.1 Å². The van der Waals surface area contributed by atoms with Crippen LogP contribution in [0.1, 0.15) is 46.2 Å². The predicted molar refractivity (Wildman–Crippen MR) is 126 cm³/mol. The van der Waals surface area contributed by atoms with Crippen LogP contribution in [0.25, 0.3) is 0 Å². The Bertz CT molecular complexity index is 593. The van der Waals surface area contributed by atoms with Crippen molar-refractivity contribution in [1.29, 1.82) is 0 Å². The molecule has 14 nitrogen and oxygen atoms in total. The van der Waals surface area contributed by atoms with Crippen molar-refractivity contribution in [2.45, 2.75) is 40.7 Å². The zero-order valence-electron chi connectivity index (χ0n) is 20.0. The molecule has 1 unspecified atom stereocenters. The topological polar surface area (TPSA) is 277 Å². The summed E-state index contributed by atoms with van der Waals surface area (Å²) in [5.41, 5.74) is 18.7. The quantitative estimate of drug-likeness (QED) is 0.196. The summed E-state index contributed by atoms with van der Waals surface area (Å²) >= 11 is 0. The van der Waals surface area contributed by atoms with E-state index >= 15 is 0 Å². The number of hydrogen-bond acceptors (Lipinski definition) is 9. The molecule has 0 aliphatic rings. The van der Waals surface area contributed by atoms with E-state index in [2.05, 4.69) is 5.32 Å². The molecule has 0 aliphatic carbocycles. The van der Waals surface area contributed by atoms with Crippen molar-refractivity contribution >= 4 is 35.5 Å². The van der Waals surface area contributed by atoms with Gasteiger partial charge >= 0.3 is 0 Å². The lowest BCUT2D eigenvalue weighted by Gasteiger charge is -2.12. The van der Waals surface area contributed by atoms with Gasteiger partial charge in [0.25, 0.3) is 29.8 Å². The smallest absolute Gasteiger partial charge is 0.300 e. The Morgan fingerprint density at radius 1 is 0.735 bits per heavy atom. The third-order valence-electron chi connectivity index (χ3n) is 2.05. The third kappa shape index (κ3) is 90.2. The molecular formula is C20H38N4O10. The van der Waals surface area contributed by atoms with Crippen molar-refractivity contribution < 1.29 is 49.5 Å². The van der Waals surface area contributed by atoms with E-state index in [4.69, 9.17) is 66.7 Å². The van der Waals surface area contributed by atoms with Crippen molar-refractivity contribution in [1.82, 2.24) is 5.32 Å². The predicted octanol–water partition coefficient (Wildman–Crippen LogP) is 0.271. The first-order valence-corrected chi connectivity index (χ1v) is 9.39. The van der Waals surface area contributed by atoms with E-state index in [-0.39, 0.29) is 6.04 Å². The zero-order chi connectivity index (χ0) is 28.3. The SMILES string of the molecule is CC(=O)O.CC(=O)O.CC(=O)O.CC(=O)O.CC(=O)O.NCCNCC(N)c1ccc(N)cc1. The standard InChI is InChI=1S/C10H18N4.5C2H4O2/c11-5-6-14-7-10(13)8-1-3-9(12)4-2-8;5*1-2(3)4/h1-4,10,14H,5-7,11-13H2;5*1H3,(H,3,4). The second-order valence-corrected chi connectivity index (χ2v) is 5.86. The largest absolute Gasteiger partial charge is 0.481 e. The Hall–Kier alpha value is -3.75. The van der Waals surface area contributed by atoms with E-state index in [1.165, 1.54) is 0 Å². The highest BCUT2D eigenvalue weighted by Crippen LogP contribution is 2.11. The molecule has 1 rings (SSSR count). The van der Waals surface area contributed by atoms with Gasteiger partial charge in [0, 0.05) is 66.0 Å². The van der Waals surface area contributed by atoms with Crippen LogP contribution < -0.4 is 22.5 Å². The van der Waals surface area contributed by atoms with Crippen LogP contribution in [0.15, 0.2) is 24.3 Å². The highest BCUT2D eigenvalue weighted by Gasteiger charge is 2.03. The molecule has 0 bridgehead atoms. The average molecular weight is 495 g/mol. The van der Waals surface area contributed by atoms with Crippen molar-refractivity contribution in [3.8, 4) is 0 Å². The van der Waals surface area contributed by atoms with Gasteiger partial charge in [0.1, 0.15) is 0 Å². The van der Waals surface area contributed by atoms with Gasteiger partial charge in [-0.3, -0.25) is 24.0 Å². The van der Waals surface area contributed by atoms with E-state index in [0.717, 1.165) is 59.0 Å². The lowest BCUT2D eigenvalue weighted by Crippen LogP contribution is -2.30. The summed E-state index contributed by atoms with van der Waals surface area (Å²) in [6, 6.07) is 7.62. The number of carboxylic acid groups (broad SMARTS) is 5. The molecule has 198 valence electrons. The lowest BCUT2D eigenvalue weighted by atomic mass is 10.1. The molecule has 0 saturated carbocycles. The highest BCUT2D eigenvalue weighted by molar-refractivity contribution is 5.63. The maximum Gasteiger partial charge on any atom is 0.300 e. The summed E-state index contributed by atoms with van der Waals surface area (Å²) in [5, 5.41) is 40.3. The molecular weight excluding hydrogens is 456 g/mol. The van der Waals surface area contributed by atoms with Crippen LogP contribution in [-0.4, -0.2) is 75.0 Å². The monoisotopic (exact) mass is 494 g/mol. The van der Waals surface area contributed by atoms with Gasteiger partial charge in [0.05, 0.1) is 0 Å². The lowest BCUT2D eigenvalue weighted by molar-refractivity contribution is -0.135. The number of hydrogen-bond donors (Lipinski definition) is 9. The fourth-order valence-electron chi connectivity index (χ4n) is 1.22. The fraction of sp³-hybridized carbons (Fsp3) is 0.450. The number of aliphatic carboxylic acids is 5. The molecule has 34 heavy (non-hydrogen) atoms. The van der Waals surface area contributed by atoms with Gasteiger partial charge in [-0.2, -0.15) is 0 Å². The van der Waals surface area contributed by atoms with Gasteiger partial charge in [0.15, 0.2) is 0 Å². The van der Waals surface area contributed by atoms with Crippen LogP contribution in [0.3, 0.4) is 0 Å². The summed E-state index contributed by atoms with van der Waals surface area (Å²) in [6.45, 7) is 7.58. The van der Waals surface area contributed by atoms with Gasteiger partial charge in [-0.15, -0.1) is 0 Å². The number of nitrogens with two attached hydrogens (primary N) is 3. The molecule has 0 heterocycles. The molecule has 0 aliphatic heterocycles. The number of rotatable bonds is 5. The summed E-state index contributed by atoms with van der Waals surface area (Å²) in [4.78, 5) is 45.0. The summed E-state index contributed by atoms with van der Waals surface area (Å²) in [7, 11) is 0. The van der Waals surface area contributed by atoms with E-state index in [9.17, 15) is 0 Å². The number of nitrogen functional groups attached to an aromatic ring is 1. The van der Waals surface area contributed by atoms with Crippen molar-refractivity contribution in [3.63, 3.8) is 0 Å². The minimum Gasteiger partial charge on any atom is -0.481 e. The average Bonchev–Trinajstić information content (AvgIpc) is 2.60. The Kier molecular flexibility index (Phi) is 34.9. The molecule has 1 atom stereocenters. The molecule has 1 aromatic rings. The van der Waals surface area contributed by atoms with Crippen LogP contribution in [0.2, 0.25) is 0 Å². The van der Waals surface area contributed by atoms with Crippen LogP contribution in [0.4, 0.5) is 5.69 Å². The van der Waals surface area contributed by atoms with Gasteiger partial charge in [-0.05, 0) is 17.7 Å². The Morgan fingerprint density at radius 3 is 1.24 bits per heavy atom. The van der Waals surface area contributed by atoms with Gasteiger partial charge in [-0.1, -0.05) is 12.1 Å². The van der Waals surface area contributed by atoms with Crippen molar-refractivity contribution in [2.24, 2.45) is 11.5 Å². The van der Waals surface area contributed by atoms with Crippen LogP contribution >= 0.6 is 0 Å². The second kappa shape index (κ2) is 29.2. The molecule has 14 heteroatoms. The number of carboxylic acids is 5. The summed E-state index contributed by atoms with van der Waals surface area (Å²) in [6.07, 6.45) is 0. The zero-order valence-corrected chi connectivity index (χ0v) is 20.0. The van der Waals surface area contributed by atoms with E-state index in [1.54, 1.807) is 0 Å². The second-order valence-electron chi connectivity index (χ2n) is 5.86. The summed E-state index contributed by atoms with van der Waals surface area (Å²) in [5.74, 6) is -4.17. The minimum atomic E-state index is -0.833. The van der Waals surface area contributed by atoms with E-state index < -0.39 is 29.8 Å². The van der Waals surface area contributed by atoms with Gasteiger partial charge in [-0.25, -0.2) is 0 Å². The molecule has 1 aromatic carbocycles. The highest BCUT2D eigenvalue weighted by atomic mass is 16.4. The maximum absolute atomic E-state index is 9.00. The van der Waals surface area contributed by atoms with Crippen molar-refractivity contribution in [2.75, 3.05) is 25.4 Å². The molecule has 0 amide bonds. The van der Waals surface area contributed by atoms with E-state index in [0.29, 0.717) is 6.54 Å². The Balaban J connectivity index is -0.000000116. The maximum atomic E-state index is 9.00. The van der Waals surface area contributed by atoms with Crippen LogP contribution in [-0.2, 0) is 24.0 Å². The first-order chi connectivity index (χ1) is 15.4. The normalized spacial score (nSPS) is 8.91. The molecule has 12 N–H and O–H groups in total. The van der Waals surface area contributed by atoms with E-state index in [1.807, 2.05) is 24.3 Å². The Morgan fingerprint density at radius 2 is 1.00 bits per heavy atom.